The number of allylic oxidation sites excluding steroid dienone is 1. The molecule has 0 saturated carbocycles. The first-order chi connectivity index (χ1) is 19.5. The number of amides is 3. The molecule has 224 valence electrons. The monoisotopic (exact) mass is 588 g/mol. The summed E-state index contributed by atoms with van der Waals surface area (Å²) in [6.45, 7) is 15.3. The smallest absolute Gasteiger partial charge is 0.321 e. The number of rotatable bonds is 10. The third-order valence-corrected chi connectivity index (χ3v) is 9.63. The van der Waals surface area contributed by atoms with Gasteiger partial charge in [-0.2, -0.15) is 5.10 Å². The second-order valence-corrected chi connectivity index (χ2v) is 12.6. The van der Waals surface area contributed by atoms with Gasteiger partial charge >= 0.3 is 6.03 Å². The molecule has 2 unspecified atom stereocenters. The predicted molar refractivity (Wildman–Crippen MR) is 160 cm³/mol. The average Bonchev–Trinajstić information content (AvgIpc) is 2.95. The molecule has 2 aliphatic heterocycles. The van der Waals surface area contributed by atoms with E-state index in [1.165, 1.54) is 7.11 Å². The zero-order valence-corrected chi connectivity index (χ0v) is 25.2. The minimum Gasteiger partial charge on any atom is -0.352 e. The summed E-state index contributed by atoms with van der Waals surface area (Å²) in [4.78, 5) is 33.4. The normalized spacial score (nSPS) is 21.9. The number of carbonyl (C=O) groups is 2. The van der Waals surface area contributed by atoms with E-state index in [4.69, 9.17) is 9.26 Å². The Hall–Kier alpha value is -3.35. The van der Waals surface area contributed by atoms with Gasteiger partial charge in [-0.05, 0) is 31.7 Å². The number of ether oxygens (including phenoxy) is 1. The van der Waals surface area contributed by atoms with Crippen LogP contribution in [0.1, 0.15) is 22.8 Å². The molecule has 0 radical (unpaired) electrons. The standard InChI is InChI=1S/C27H41N8O5P/c1-19(2)20(3)30-27(37)31-24-17-33(6)16-23(40-24)18-41(38,39-7)35-14-12-34(13-15-35)26(36)22-10-8-21(9-11-22)25(28-4)32-29-5/h8-11,23-24H,1,3,5,12-18H2,2,4,6-7H3,(H,28,32)(H2,30,31,37)/t23-,24?,41?/m1/s1. The highest BCUT2D eigenvalue weighted by atomic mass is 31.2. The van der Waals surface area contributed by atoms with Crippen LogP contribution in [0.4, 0.5) is 4.79 Å². The lowest BCUT2D eigenvalue weighted by Gasteiger charge is -2.41. The lowest BCUT2D eigenvalue weighted by Crippen LogP contribution is -2.56. The van der Waals surface area contributed by atoms with Crippen LogP contribution in [0.5, 0.6) is 0 Å². The number of carbonyl (C=O) groups excluding carboxylic acids is 2. The number of morpholine rings is 1. The van der Waals surface area contributed by atoms with Crippen LogP contribution in [0.3, 0.4) is 0 Å². The quantitative estimate of drug-likeness (QED) is 0.124. The van der Waals surface area contributed by atoms with Gasteiger partial charge in [0.05, 0.1) is 12.3 Å². The molecule has 41 heavy (non-hydrogen) atoms. The summed E-state index contributed by atoms with van der Waals surface area (Å²) >= 11 is 0. The topological polar surface area (TPSA) is 140 Å². The van der Waals surface area contributed by atoms with Crippen molar-refractivity contribution in [2.75, 3.05) is 66.6 Å². The molecule has 3 N–H and O–H groups in total. The summed E-state index contributed by atoms with van der Waals surface area (Å²) in [5.41, 5.74) is 5.12. The van der Waals surface area contributed by atoms with Crippen molar-refractivity contribution >= 4 is 32.0 Å². The van der Waals surface area contributed by atoms with E-state index in [-0.39, 0.29) is 12.1 Å². The number of hydrazone groups is 1. The Balaban J connectivity index is 1.57. The van der Waals surface area contributed by atoms with Gasteiger partial charge < -0.3 is 24.8 Å². The highest BCUT2D eigenvalue weighted by Gasteiger charge is 2.39. The SMILES string of the molecule is C=NNC(=NC)c1ccc(C(=O)N2CCN(P(=O)(C[C@H]3CN(C)CC(NC(=O)NC(=C)C(=C)C)O3)OC)CC2)cc1. The minimum atomic E-state index is -3.27. The fourth-order valence-corrected chi connectivity index (χ4v) is 6.78. The van der Waals surface area contributed by atoms with E-state index in [1.54, 1.807) is 43.1 Å². The van der Waals surface area contributed by atoms with Crippen LogP contribution in [-0.4, -0.2) is 118 Å². The van der Waals surface area contributed by atoms with Crippen molar-refractivity contribution < 1.29 is 23.4 Å². The Labute approximate surface area is 241 Å². The van der Waals surface area contributed by atoms with E-state index in [0.717, 1.165) is 5.56 Å². The Kier molecular flexibility index (Phi) is 11.4. The highest BCUT2D eigenvalue weighted by Crippen LogP contribution is 2.51. The van der Waals surface area contributed by atoms with Gasteiger partial charge in [-0.1, -0.05) is 25.3 Å². The molecule has 14 heteroatoms. The second kappa shape index (κ2) is 14.5. The van der Waals surface area contributed by atoms with Gasteiger partial charge in [0, 0.05) is 77.0 Å². The molecule has 2 heterocycles. The Bertz CT molecular complexity index is 1210. The number of nitrogens with one attached hydrogen (secondary N) is 3. The number of benzene rings is 1. The number of urea groups is 1. The maximum atomic E-state index is 13.9. The van der Waals surface area contributed by atoms with E-state index in [0.29, 0.717) is 61.9 Å². The first-order valence-corrected chi connectivity index (χ1v) is 15.0. The third kappa shape index (κ3) is 8.57. The average molecular weight is 589 g/mol. The molecule has 3 amide bonds. The molecule has 2 fully saturated rings. The molecular formula is C27H41N8O5P. The largest absolute Gasteiger partial charge is 0.352 e. The van der Waals surface area contributed by atoms with E-state index in [1.807, 2.05) is 16.6 Å². The maximum Gasteiger partial charge on any atom is 0.321 e. The number of amidine groups is 1. The Morgan fingerprint density at radius 1 is 1.12 bits per heavy atom. The van der Waals surface area contributed by atoms with E-state index < -0.39 is 25.9 Å². The molecule has 13 nitrogen and oxygen atoms in total. The molecular weight excluding hydrogens is 547 g/mol. The maximum absolute atomic E-state index is 13.9. The second-order valence-electron chi connectivity index (χ2n) is 9.99. The molecule has 2 aliphatic rings. The summed E-state index contributed by atoms with van der Waals surface area (Å²) in [6, 6.07) is 6.64. The molecule has 3 rings (SSSR count). The zero-order valence-electron chi connectivity index (χ0n) is 24.3. The van der Waals surface area contributed by atoms with Crippen LogP contribution in [0.2, 0.25) is 0 Å². The number of aliphatic imine (C=N–C) groups is 1. The van der Waals surface area contributed by atoms with Crippen molar-refractivity contribution in [1.29, 1.82) is 0 Å². The summed E-state index contributed by atoms with van der Waals surface area (Å²) in [7, 11) is 1.71. The molecule has 3 atom stereocenters. The van der Waals surface area contributed by atoms with Crippen molar-refractivity contribution in [2.45, 2.75) is 19.3 Å². The zero-order chi connectivity index (χ0) is 30.2. The number of piperazine rings is 1. The molecule has 0 aromatic heterocycles. The molecule has 1 aromatic rings. The highest BCUT2D eigenvalue weighted by molar-refractivity contribution is 7.56. The van der Waals surface area contributed by atoms with Crippen LogP contribution in [-0.2, 0) is 13.8 Å². The van der Waals surface area contributed by atoms with Gasteiger partial charge in [0.1, 0.15) is 12.1 Å². The van der Waals surface area contributed by atoms with Gasteiger partial charge in [0.15, 0.2) is 0 Å². The van der Waals surface area contributed by atoms with Crippen LogP contribution in [0, 0.1) is 0 Å². The van der Waals surface area contributed by atoms with Gasteiger partial charge in [-0.3, -0.25) is 24.7 Å². The van der Waals surface area contributed by atoms with E-state index in [2.05, 4.69) is 46.0 Å². The van der Waals surface area contributed by atoms with Crippen molar-refractivity contribution in [2.24, 2.45) is 10.1 Å². The first-order valence-electron chi connectivity index (χ1n) is 13.2. The summed E-state index contributed by atoms with van der Waals surface area (Å²) in [6.07, 6.45) is -0.891. The number of hydrogen-bond acceptors (Lipinski definition) is 8. The van der Waals surface area contributed by atoms with Gasteiger partial charge in [-0.15, -0.1) is 0 Å². The van der Waals surface area contributed by atoms with Gasteiger partial charge in [0.25, 0.3) is 13.4 Å². The van der Waals surface area contributed by atoms with Crippen molar-refractivity contribution in [3.8, 4) is 0 Å². The van der Waals surface area contributed by atoms with E-state index in [9.17, 15) is 14.2 Å². The summed E-state index contributed by atoms with van der Waals surface area (Å²) in [5.74, 6) is 0.446. The number of hydrogen-bond donors (Lipinski definition) is 3. The Morgan fingerprint density at radius 2 is 1.76 bits per heavy atom. The van der Waals surface area contributed by atoms with Crippen LogP contribution >= 0.6 is 7.52 Å². The summed E-state index contributed by atoms with van der Waals surface area (Å²) in [5, 5.41) is 9.05. The number of nitrogens with zero attached hydrogens (tertiary/aromatic N) is 5. The third-order valence-electron chi connectivity index (χ3n) is 6.93. The van der Waals surface area contributed by atoms with Crippen LogP contribution in [0.25, 0.3) is 0 Å². The molecule has 2 saturated heterocycles. The van der Waals surface area contributed by atoms with Crippen LogP contribution < -0.4 is 16.1 Å². The van der Waals surface area contributed by atoms with Crippen molar-refractivity contribution in [1.82, 2.24) is 30.5 Å². The van der Waals surface area contributed by atoms with Crippen molar-refractivity contribution in [3.63, 3.8) is 0 Å². The van der Waals surface area contributed by atoms with Crippen molar-refractivity contribution in [3.05, 3.63) is 59.8 Å². The summed E-state index contributed by atoms with van der Waals surface area (Å²) < 4.78 is 27.4. The first kappa shape index (κ1) is 32.2. The fraction of sp³-hybridized carbons (Fsp3) is 0.481. The fourth-order valence-electron chi connectivity index (χ4n) is 4.67. The molecule has 0 spiro atoms. The number of likely N-dealkylation sites (N-methyl/N-ethyl adjacent to an activating group) is 1. The minimum absolute atomic E-state index is 0.105. The molecule has 0 aliphatic carbocycles. The van der Waals surface area contributed by atoms with Gasteiger partial charge in [0.2, 0.25) is 0 Å². The lowest BCUT2D eigenvalue weighted by atomic mass is 10.1. The van der Waals surface area contributed by atoms with E-state index >= 15 is 0 Å². The molecule has 1 aromatic carbocycles. The van der Waals surface area contributed by atoms with Gasteiger partial charge in [-0.25, -0.2) is 9.46 Å². The van der Waals surface area contributed by atoms with Crippen LogP contribution in [0.15, 0.2) is 58.8 Å². The Morgan fingerprint density at radius 3 is 2.32 bits per heavy atom. The molecule has 0 bridgehead atoms. The lowest BCUT2D eigenvalue weighted by molar-refractivity contribution is -0.0779. The predicted octanol–water partition coefficient (Wildman–Crippen LogP) is 1.91.